The molecule has 1 amide bonds. The molecule has 0 aliphatic carbocycles. The molecule has 0 saturated heterocycles. The average molecular weight is 427 g/mol. The van der Waals surface area contributed by atoms with Crippen LogP contribution in [-0.4, -0.2) is 35.8 Å². The van der Waals surface area contributed by atoms with E-state index in [2.05, 4.69) is 21.2 Å². The van der Waals surface area contributed by atoms with Crippen molar-refractivity contribution in [3.05, 3.63) is 75.2 Å². The number of hydrazine groups is 1. The second kappa shape index (κ2) is 9.90. The number of non-ortho nitro benzene ring substituents is 1. The molecule has 0 aromatic heterocycles. The molecule has 2 aromatic carbocycles. The van der Waals surface area contributed by atoms with Crippen molar-refractivity contribution in [3.63, 3.8) is 0 Å². The highest BCUT2D eigenvalue weighted by Gasteiger charge is 2.25. The molecule has 0 fully saturated rings. The lowest BCUT2D eigenvalue weighted by Crippen LogP contribution is -2.41. The van der Waals surface area contributed by atoms with Gasteiger partial charge < -0.3 is 10.1 Å². The van der Waals surface area contributed by atoms with Gasteiger partial charge in [-0.25, -0.2) is 0 Å². The molecule has 2 aromatic rings. The molecular formula is C20H21N5O4S. The smallest absolute Gasteiger partial charge is 0.269 e. The first kappa shape index (κ1) is 21.3. The second-order valence-corrected chi connectivity index (χ2v) is 7.42. The molecule has 0 bridgehead atoms. The number of benzene rings is 2. The molecule has 156 valence electrons. The number of ether oxygens (including phenoxy) is 1. The summed E-state index contributed by atoms with van der Waals surface area (Å²) in [4.78, 5) is 28.4. The highest BCUT2D eigenvalue weighted by Crippen LogP contribution is 2.31. The van der Waals surface area contributed by atoms with Crippen molar-refractivity contribution in [1.29, 1.82) is 0 Å². The van der Waals surface area contributed by atoms with Crippen molar-refractivity contribution in [2.75, 3.05) is 19.0 Å². The number of rotatable bonds is 7. The quantitative estimate of drug-likeness (QED) is 0.459. The Hall–Kier alpha value is -3.37. The number of nitrogens with one attached hydrogen (secondary N) is 3. The number of para-hydroxylation sites is 1. The van der Waals surface area contributed by atoms with Crippen LogP contribution in [0, 0.1) is 10.1 Å². The standard InChI is InChI=1S/C20H21N5O4S/c1-13(12-29-2)21-20-24-23-17(14-8-10-16(11-9-14)25(27)28)18(30-20)19(26)22-15-6-4-3-5-7-15/h3-11,13,23H,12H2,1-2H3,(H,21,24)(H,22,26)/t13-/m1/s1. The molecule has 0 saturated carbocycles. The van der Waals surface area contributed by atoms with Crippen LogP contribution in [0.3, 0.4) is 0 Å². The molecule has 3 rings (SSSR count). The zero-order valence-corrected chi connectivity index (χ0v) is 17.2. The molecule has 3 N–H and O–H groups in total. The van der Waals surface area contributed by atoms with Crippen LogP contribution in [0.25, 0.3) is 5.70 Å². The van der Waals surface area contributed by atoms with Crippen molar-refractivity contribution < 1.29 is 14.5 Å². The fourth-order valence-electron chi connectivity index (χ4n) is 2.71. The Kier molecular flexibility index (Phi) is 7.04. The van der Waals surface area contributed by atoms with E-state index in [9.17, 15) is 14.9 Å². The predicted molar refractivity (Wildman–Crippen MR) is 118 cm³/mol. The van der Waals surface area contributed by atoms with E-state index in [1.807, 2.05) is 25.1 Å². The summed E-state index contributed by atoms with van der Waals surface area (Å²) >= 11 is 1.18. The topological polar surface area (TPSA) is 118 Å². The fourth-order valence-corrected chi connectivity index (χ4v) is 3.65. The van der Waals surface area contributed by atoms with Crippen molar-refractivity contribution in [2.24, 2.45) is 4.99 Å². The lowest BCUT2D eigenvalue weighted by Gasteiger charge is -2.24. The molecule has 1 aliphatic heterocycles. The third-order valence-electron chi connectivity index (χ3n) is 4.07. The van der Waals surface area contributed by atoms with Gasteiger partial charge in [-0.05, 0) is 43.0 Å². The molecule has 1 aliphatic rings. The summed E-state index contributed by atoms with van der Waals surface area (Å²) in [5.74, 6) is -0.319. The number of hydrogen-bond acceptors (Lipinski definition) is 7. The van der Waals surface area contributed by atoms with E-state index in [4.69, 9.17) is 4.74 Å². The Bertz CT molecular complexity index is 976. The van der Waals surface area contributed by atoms with E-state index in [-0.39, 0.29) is 17.6 Å². The lowest BCUT2D eigenvalue weighted by atomic mass is 10.1. The van der Waals surface area contributed by atoms with Crippen LogP contribution in [0.15, 0.2) is 64.5 Å². The van der Waals surface area contributed by atoms with Crippen LogP contribution in [0.4, 0.5) is 11.4 Å². The van der Waals surface area contributed by atoms with Crippen LogP contribution < -0.4 is 16.2 Å². The number of methoxy groups -OCH3 is 1. The number of hydrogen-bond donors (Lipinski definition) is 3. The van der Waals surface area contributed by atoms with Gasteiger partial charge in [-0.2, -0.15) is 0 Å². The summed E-state index contributed by atoms with van der Waals surface area (Å²) in [7, 11) is 1.60. The highest BCUT2D eigenvalue weighted by atomic mass is 32.2. The number of nitrogens with zero attached hydrogens (tertiary/aromatic N) is 2. The average Bonchev–Trinajstić information content (AvgIpc) is 2.74. The first-order valence-corrected chi connectivity index (χ1v) is 9.91. The van der Waals surface area contributed by atoms with E-state index >= 15 is 0 Å². The molecule has 1 atom stereocenters. The molecule has 10 heteroatoms. The van der Waals surface area contributed by atoms with Gasteiger partial charge in [-0.1, -0.05) is 18.2 Å². The Morgan fingerprint density at radius 1 is 1.20 bits per heavy atom. The van der Waals surface area contributed by atoms with Crippen molar-refractivity contribution in [3.8, 4) is 0 Å². The summed E-state index contributed by atoms with van der Waals surface area (Å²) in [6.45, 7) is 2.34. The zero-order valence-electron chi connectivity index (χ0n) is 16.4. The largest absolute Gasteiger partial charge is 0.382 e. The number of carbonyl (C=O) groups is 1. The molecule has 0 radical (unpaired) electrons. The van der Waals surface area contributed by atoms with Crippen LogP contribution in [0.1, 0.15) is 12.5 Å². The Morgan fingerprint density at radius 3 is 2.53 bits per heavy atom. The predicted octanol–water partition coefficient (Wildman–Crippen LogP) is 3.13. The van der Waals surface area contributed by atoms with Gasteiger partial charge in [0.05, 0.1) is 23.3 Å². The summed E-state index contributed by atoms with van der Waals surface area (Å²) < 4.78 is 5.11. The maximum atomic E-state index is 13.0. The number of thioether (sulfide) groups is 1. The number of aliphatic imine (C=N–C) groups is 1. The molecule has 0 unspecified atom stereocenters. The minimum atomic E-state index is -0.468. The van der Waals surface area contributed by atoms with Gasteiger partial charge in [0, 0.05) is 30.5 Å². The van der Waals surface area contributed by atoms with Crippen molar-refractivity contribution in [2.45, 2.75) is 13.0 Å². The summed E-state index contributed by atoms with van der Waals surface area (Å²) in [5, 5.41) is 14.3. The van der Waals surface area contributed by atoms with Gasteiger partial charge in [0.15, 0.2) is 5.17 Å². The minimum Gasteiger partial charge on any atom is -0.382 e. The van der Waals surface area contributed by atoms with Crippen LogP contribution in [0.2, 0.25) is 0 Å². The van der Waals surface area contributed by atoms with E-state index in [1.165, 1.54) is 23.9 Å². The third-order valence-corrected chi connectivity index (χ3v) is 5.06. The number of amidine groups is 1. The first-order chi connectivity index (χ1) is 14.5. The molecule has 9 nitrogen and oxygen atoms in total. The molecule has 30 heavy (non-hydrogen) atoms. The maximum absolute atomic E-state index is 13.0. The zero-order chi connectivity index (χ0) is 21.5. The monoisotopic (exact) mass is 427 g/mol. The first-order valence-electron chi connectivity index (χ1n) is 9.10. The third kappa shape index (κ3) is 5.37. The summed E-state index contributed by atoms with van der Waals surface area (Å²) in [6, 6.07) is 15.0. The normalized spacial score (nSPS) is 15.9. The minimum absolute atomic E-state index is 0.0262. The Balaban J connectivity index is 1.94. The van der Waals surface area contributed by atoms with Gasteiger partial charge >= 0.3 is 0 Å². The Labute approximate surface area is 177 Å². The van der Waals surface area contributed by atoms with Crippen molar-refractivity contribution >= 4 is 39.9 Å². The molecule has 1 heterocycles. The van der Waals surface area contributed by atoms with Gasteiger partial charge in [-0.15, -0.1) is 0 Å². The van der Waals surface area contributed by atoms with E-state index in [0.29, 0.717) is 33.6 Å². The van der Waals surface area contributed by atoms with Crippen LogP contribution in [-0.2, 0) is 9.53 Å². The lowest BCUT2D eigenvalue weighted by molar-refractivity contribution is -0.384. The number of amides is 1. The summed E-state index contributed by atoms with van der Waals surface area (Å²) in [6.07, 6.45) is 0. The van der Waals surface area contributed by atoms with E-state index in [0.717, 1.165) is 0 Å². The van der Waals surface area contributed by atoms with E-state index < -0.39 is 4.92 Å². The SMILES string of the molecule is COC[C@@H](C)N=C1NNC(c2ccc([N+](=O)[O-])cc2)=C(C(=O)Nc2ccccc2)S1. The van der Waals surface area contributed by atoms with Gasteiger partial charge in [0.1, 0.15) is 4.91 Å². The van der Waals surface area contributed by atoms with Crippen LogP contribution >= 0.6 is 11.8 Å². The maximum Gasteiger partial charge on any atom is 0.269 e. The Morgan fingerprint density at radius 2 is 1.90 bits per heavy atom. The van der Waals surface area contributed by atoms with Gasteiger partial charge in [-0.3, -0.25) is 30.8 Å². The van der Waals surface area contributed by atoms with E-state index in [1.54, 1.807) is 31.4 Å². The van der Waals surface area contributed by atoms with Crippen LogP contribution in [0.5, 0.6) is 0 Å². The highest BCUT2D eigenvalue weighted by molar-refractivity contribution is 8.18. The molecular weight excluding hydrogens is 406 g/mol. The molecule has 0 spiro atoms. The fraction of sp³-hybridized carbons (Fsp3) is 0.200. The summed E-state index contributed by atoms with van der Waals surface area (Å²) in [5.41, 5.74) is 7.74. The second-order valence-electron chi connectivity index (χ2n) is 6.42. The number of nitro groups is 1. The van der Waals surface area contributed by atoms with Crippen molar-refractivity contribution in [1.82, 2.24) is 10.9 Å². The number of anilines is 1. The number of nitro benzene ring substituents is 1. The number of carbonyl (C=O) groups excluding carboxylic acids is 1. The van der Waals surface area contributed by atoms with Gasteiger partial charge in [0.25, 0.3) is 11.6 Å². The van der Waals surface area contributed by atoms with Gasteiger partial charge in [0.2, 0.25) is 0 Å².